The van der Waals surface area contributed by atoms with Gasteiger partial charge in [-0.3, -0.25) is 0 Å². The highest BCUT2D eigenvalue weighted by molar-refractivity contribution is 4.81. The van der Waals surface area contributed by atoms with Gasteiger partial charge in [-0.2, -0.15) is 0 Å². The molecule has 97 valence electrons. The summed E-state index contributed by atoms with van der Waals surface area (Å²) in [4.78, 5) is 0. The summed E-state index contributed by atoms with van der Waals surface area (Å²) in [6.45, 7) is 14.2. The fraction of sp³-hybridized carbons (Fsp3) is 0.938. The molecule has 0 fully saturated rings. The highest BCUT2D eigenvalue weighted by atomic mass is 14.3. The maximum Gasteiger partial charge on any atom is -0.0328 e. The monoisotopic (exact) mass is 225 g/mol. The van der Waals surface area contributed by atoms with E-state index in [0.29, 0.717) is 10.8 Å². The zero-order valence-electron chi connectivity index (χ0n) is 12.5. The van der Waals surface area contributed by atoms with E-state index < -0.39 is 0 Å². The van der Waals surface area contributed by atoms with Gasteiger partial charge in [0.2, 0.25) is 0 Å². The van der Waals surface area contributed by atoms with Crippen molar-refractivity contribution in [3.05, 3.63) is 6.42 Å². The van der Waals surface area contributed by atoms with Crippen molar-refractivity contribution in [3.63, 3.8) is 0 Å². The van der Waals surface area contributed by atoms with Crippen molar-refractivity contribution in [2.45, 2.75) is 86.5 Å². The zero-order valence-corrected chi connectivity index (χ0v) is 12.5. The third-order valence-electron chi connectivity index (χ3n) is 4.30. The topological polar surface area (TPSA) is 0 Å². The molecule has 0 heterocycles. The van der Waals surface area contributed by atoms with E-state index in [1.807, 2.05) is 0 Å². The molecule has 0 aliphatic rings. The maximum atomic E-state index is 2.53. The first-order valence-corrected chi connectivity index (χ1v) is 7.21. The smallest absolute Gasteiger partial charge is 0.0328 e. The number of hydrogen-bond donors (Lipinski definition) is 0. The standard InChI is InChI=1S/C16H33/c1-7-12-15(4,5)13-10-11-14-16(6,8-2)9-3/h11H,7-10,12-14H2,1-6H3. The third kappa shape index (κ3) is 6.55. The molecular formula is C16H33. The minimum atomic E-state index is 0.542. The van der Waals surface area contributed by atoms with Gasteiger partial charge in [0.1, 0.15) is 0 Å². The molecule has 0 nitrogen and oxygen atoms in total. The quantitative estimate of drug-likeness (QED) is 0.421. The van der Waals surface area contributed by atoms with Crippen LogP contribution in [-0.2, 0) is 0 Å². The molecule has 0 rings (SSSR count). The second-order valence-corrected chi connectivity index (χ2v) is 6.46. The summed E-state index contributed by atoms with van der Waals surface area (Å²) < 4.78 is 0. The molecule has 0 aliphatic heterocycles. The molecule has 1 radical (unpaired) electrons. The molecule has 0 saturated carbocycles. The Morgan fingerprint density at radius 3 is 1.88 bits per heavy atom. The normalized spacial score (nSPS) is 13.1. The Morgan fingerprint density at radius 2 is 1.44 bits per heavy atom. The Balaban J connectivity index is 3.75. The Morgan fingerprint density at radius 1 is 0.875 bits per heavy atom. The molecule has 0 aromatic carbocycles. The first-order chi connectivity index (χ1) is 7.39. The Hall–Kier alpha value is 0. The zero-order chi connectivity index (χ0) is 12.7. The second-order valence-electron chi connectivity index (χ2n) is 6.46. The van der Waals surface area contributed by atoms with Gasteiger partial charge in [0.05, 0.1) is 0 Å². The molecule has 0 atom stereocenters. The fourth-order valence-electron chi connectivity index (χ4n) is 2.28. The lowest BCUT2D eigenvalue weighted by Gasteiger charge is -2.28. The van der Waals surface area contributed by atoms with Crippen molar-refractivity contribution < 1.29 is 0 Å². The molecular weight excluding hydrogens is 192 g/mol. The number of rotatable bonds is 9. The van der Waals surface area contributed by atoms with Crippen molar-refractivity contribution in [1.82, 2.24) is 0 Å². The van der Waals surface area contributed by atoms with Gasteiger partial charge in [-0.15, -0.1) is 0 Å². The van der Waals surface area contributed by atoms with Gasteiger partial charge in [-0.05, 0) is 42.9 Å². The van der Waals surface area contributed by atoms with E-state index in [1.54, 1.807) is 0 Å². The van der Waals surface area contributed by atoms with Crippen LogP contribution in [0.5, 0.6) is 0 Å². The Labute approximate surface area is 104 Å². The molecule has 0 N–H and O–H groups in total. The fourth-order valence-corrected chi connectivity index (χ4v) is 2.28. The molecule has 0 aromatic heterocycles. The van der Waals surface area contributed by atoms with E-state index in [0.717, 1.165) is 0 Å². The maximum absolute atomic E-state index is 2.53. The number of unbranched alkanes of at least 4 members (excludes halogenated alkanes) is 1. The summed E-state index contributed by atoms with van der Waals surface area (Å²) >= 11 is 0. The van der Waals surface area contributed by atoms with Crippen LogP contribution in [0.15, 0.2) is 0 Å². The van der Waals surface area contributed by atoms with Crippen molar-refractivity contribution in [3.8, 4) is 0 Å². The Bertz CT molecular complexity index is 163. The van der Waals surface area contributed by atoms with E-state index in [9.17, 15) is 0 Å². The van der Waals surface area contributed by atoms with Crippen LogP contribution in [0, 0.1) is 17.3 Å². The number of hydrogen-bond acceptors (Lipinski definition) is 0. The van der Waals surface area contributed by atoms with Crippen molar-refractivity contribution in [2.24, 2.45) is 10.8 Å². The SMILES string of the molecule is CCCC(C)(C)CC[CH]CC(C)(CC)CC. The summed E-state index contributed by atoms with van der Waals surface area (Å²) in [5.74, 6) is 0. The molecule has 0 heteroatoms. The molecule has 0 spiro atoms. The summed E-state index contributed by atoms with van der Waals surface area (Å²) in [5.41, 5.74) is 1.09. The lowest BCUT2D eigenvalue weighted by molar-refractivity contribution is 0.272. The van der Waals surface area contributed by atoms with Gasteiger partial charge >= 0.3 is 0 Å². The van der Waals surface area contributed by atoms with Crippen LogP contribution in [0.2, 0.25) is 0 Å². The lowest BCUT2D eigenvalue weighted by Crippen LogP contribution is -2.15. The van der Waals surface area contributed by atoms with Gasteiger partial charge in [0.25, 0.3) is 0 Å². The van der Waals surface area contributed by atoms with E-state index in [1.165, 1.54) is 44.9 Å². The van der Waals surface area contributed by atoms with E-state index in [4.69, 9.17) is 0 Å². The minimum Gasteiger partial charge on any atom is -0.0654 e. The summed E-state index contributed by atoms with van der Waals surface area (Å²) in [7, 11) is 0. The van der Waals surface area contributed by atoms with Crippen LogP contribution >= 0.6 is 0 Å². The predicted octanol–water partition coefficient (Wildman–Crippen LogP) is 6.01. The van der Waals surface area contributed by atoms with Crippen molar-refractivity contribution in [2.75, 3.05) is 0 Å². The van der Waals surface area contributed by atoms with Crippen LogP contribution in [0.4, 0.5) is 0 Å². The molecule has 0 aromatic rings. The Kier molecular flexibility index (Phi) is 7.35. The van der Waals surface area contributed by atoms with Gasteiger partial charge in [-0.1, -0.05) is 60.8 Å². The second kappa shape index (κ2) is 7.35. The van der Waals surface area contributed by atoms with Crippen LogP contribution < -0.4 is 0 Å². The van der Waals surface area contributed by atoms with E-state index in [2.05, 4.69) is 48.0 Å². The predicted molar refractivity (Wildman–Crippen MR) is 75.5 cm³/mol. The first kappa shape index (κ1) is 16.0. The van der Waals surface area contributed by atoms with Crippen LogP contribution in [0.3, 0.4) is 0 Å². The summed E-state index contributed by atoms with van der Waals surface area (Å²) in [6, 6.07) is 0. The molecule has 0 bridgehead atoms. The molecule has 0 saturated heterocycles. The molecule has 0 aliphatic carbocycles. The molecule has 0 unspecified atom stereocenters. The molecule has 0 amide bonds. The average molecular weight is 225 g/mol. The van der Waals surface area contributed by atoms with Crippen LogP contribution in [0.1, 0.15) is 86.5 Å². The lowest BCUT2D eigenvalue weighted by atomic mass is 9.78. The van der Waals surface area contributed by atoms with E-state index >= 15 is 0 Å². The van der Waals surface area contributed by atoms with Gasteiger partial charge in [0.15, 0.2) is 0 Å². The van der Waals surface area contributed by atoms with Gasteiger partial charge in [0, 0.05) is 0 Å². The highest BCUT2D eigenvalue weighted by Crippen LogP contribution is 2.33. The largest absolute Gasteiger partial charge is 0.0654 e. The summed E-state index contributed by atoms with van der Waals surface area (Å²) in [6.07, 6.45) is 11.8. The van der Waals surface area contributed by atoms with Crippen molar-refractivity contribution in [1.29, 1.82) is 0 Å². The van der Waals surface area contributed by atoms with Gasteiger partial charge < -0.3 is 0 Å². The van der Waals surface area contributed by atoms with E-state index in [-0.39, 0.29) is 0 Å². The first-order valence-electron chi connectivity index (χ1n) is 7.21. The highest BCUT2D eigenvalue weighted by Gasteiger charge is 2.20. The summed E-state index contributed by atoms with van der Waals surface area (Å²) in [5, 5.41) is 0. The minimum absolute atomic E-state index is 0.542. The third-order valence-corrected chi connectivity index (χ3v) is 4.30. The van der Waals surface area contributed by atoms with Crippen LogP contribution in [-0.4, -0.2) is 0 Å². The van der Waals surface area contributed by atoms with Crippen LogP contribution in [0.25, 0.3) is 0 Å². The average Bonchev–Trinajstić information content (AvgIpc) is 2.24. The molecule has 16 heavy (non-hydrogen) atoms. The van der Waals surface area contributed by atoms with Gasteiger partial charge in [-0.25, -0.2) is 0 Å². The van der Waals surface area contributed by atoms with Crippen molar-refractivity contribution >= 4 is 0 Å².